The van der Waals surface area contributed by atoms with Crippen molar-refractivity contribution in [1.29, 1.82) is 0 Å². The number of aliphatic hydroxyl groups is 1. The fourth-order valence-corrected chi connectivity index (χ4v) is 1.32. The minimum Gasteiger partial charge on any atom is -0.389 e. The summed E-state index contributed by atoms with van der Waals surface area (Å²) in [6, 6.07) is 0. The highest BCUT2D eigenvalue weighted by molar-refractivity contribution is 4.89. The number of aliphatic hydroxyl groups excluding tert-OH is 1. The molecule has 1 saturated heterocycles. The molecule has 0 bridgehead atoms. The van der Waals surface area contributed by atoms with E-state index in [9.17, 15) is 5.11 Å². The smallest absolute Gasteiger partial charge is 0.0910 e. The molecular weight excluding hydrogens is 140 g/mol. The Hall–Kier alpha value is -0.520. The van der Waals surface area contributed by atoms with Crippen molar-refractivity contribution < 1.29 is 9.84 Å². The minimum absolute atomic E-state index is 0.0141. The fourth-order valence-electron chi connectivity index (χ4n) is 1.32. The second-order valence-electron chi connectivity index (χ2n) is 2.88. The van der Waals surface area contributed by atoms with Gasteiger partial charge in [-0.3, -0.25) is 0 Å². The molecule has 0 aromatic rings. The average Bonchev–Trinajstić information content (AvgIpc) is 2.07. The summed E-state index contributed by atoms with van der Waals surface area (Å²) in [6.07, 6.45) is 8.21. The van der Waals surface area contributed by atoms with Gasteiger partial charge in [0.25, 0.3) is 0 Å². The van der Waals surface area contributed by atoms with Gasteiger partial charge in [-0.2, -0.15) is 0 Å². The molecule has 62 valence electrons. The molecule has 0 radical (unpaired) electrons. The summed E-state index contributed by atoms with van der Waals surface area (Å²) in [4.78, 5) is 0. The van der Waals surface area contributed by atoms with Crippen molar-refractivity contribution >= 4 is 0 Å². The second-order valence-corrected chi connectivity index (χ2v) is 2.88. The molecule has 2 unspecified atom stereocenters. The quantitative estimate of drug-likeness (QED) is 0.600. The van der Waals surface area contributed by atoms with E-state index in [0.29, 0.717) is 6.42 Å². The standard InChI is InChI=1S/C9H14O2/c1-2-5-8(10)9-6-3-4-7-11-9/h1,8-10H,3-7H2. The van der Waals surface area contributed by atoms with Crippen LogP contribution in [0, 0.1) is 12.3 Å². The van der Waals surface area contributed by atoms with Crippen LogP contribution in [0.25, 0.3) is 0 Å². The van der Waals surface area contributed by atoms with Crippen LogP contribution >= 0.6 is 0 Å². The van der Waals surface area contributed by atoms with Crippen molar-refractivity contribution in [2.24, 2.45) is 0 Å². The molecule has 0 aliphatic carbocycles. The Labute approximate surface area is 67.6 Å². The molecule has 0 aromatic heterocycles. The summed E-state index contributed by atoms with van der Waals surface area (Å²) in [6.45, 7) is 0.770. The molecule has 2 atom stereocenters. The van der Waals surface area contributed by atoms with E-state index in [4.69, 9.17) is 11.2 Å². The lowest BCUT2D eigenvalue weighted by atomic mass is 10.0. The van der Waals surface area contributed by atoms with Crippen molar-refractivity contribution in [3.8, 4) is 12.3 Å². The van der Waals surface area contributed by atoms with Crippen molar-refractivity contribution in [2.75, 3.05) is 6.61 Å². The van der Waals surface area contributed by atoms with Crippen molar-refractivity contribution in [3.05, 3.63) is 0 Å². The molecule has 0 aromatic carbocycles. The van der Waals surface area contributed by atoms with Gasteiger partial charge in [0.2, 0.25) is 0 Å². The minimum atomic E-state index is -0.458. The largest absolute Gasteiger partial charge is 0.389 e. The van der Waals surface area contributed by atoms with Crippen LogP contribution in [-0.2, 0) is 4.74 Å². The molecule has 2 heteroatoms. The predicted molar refractivity (Wildman–Crippen MR) is 43.0 cm³/mol. The topological polar surface area (TPSA) is 29.5 Å². The molecular formula is C9H14O2. The van der Waals surface area contributed by atoms with E-state index < -0.39 is 6.10 Å². The summed E-state index contributed by atoms with van der Waals surface area (Å²) in [5.41, 5.74) is 0. The Morgan fingerprint density at radius 2 is 2.45 bits per heavy atom. The normalized spacial score (nSPS) is 27.5. The van der Waals surface area contributed by atoms with Gasteiger partial charge in [-0.25, -0.2) is 0 Å². The van der Waals surface area contributed by atoms with E-state index in [2.05, 4.69) is 5.92 Å². The monoisotopic (exact) mass is 154 g/mol. The van der Waals surface area contributed by atoms with Gasteiger partial charge in [-0.15, -0.1) is 12.3 Å². The highest BCUT2D eigenvalue weighted by Gasteiger charge is 2.21. The van der Waals surface area contributed by atoms with E-state index >= 15 is 0 Å². The van der Waals surface area contributed by atoms with Crippen LogP contribution < -0.4 is 0 Å². The van der Waals surface area contributed by atoms with Crippen LogP contribution in [0.2, 0.25) is 0 Å². The van der Waals surface area contributed by atoms with Gasteiger partial charge in [0.15, 0.2) is 0 Å². The van der Waals surface area contributed by atoms with E-state index in [0.717, 1.165) is 25.9 Å². The number of terminal acetylenes is 1. The lowest BCUT2D eigenvalue weighted by molar-refractivity contribution is -0.0594. The Morgan fingerprint density at radius 1 is 1.64 bits per heavy atom. The summed E-state index contributed by atoms with van der Waals surface area (Å²) in [5.74, 6) is 2.43. The Balaban J connectivity index is 2.27. The van der Waals surface area contributed by atoms with Gasteiger partial charge in [-0.05, 0) is 19.3 Å². The maximum atomic E-state index is 9.41. The molecule has 1 aliphatic heterocycles. The third-order valence-corrected chi connectivity index (χ3v) is 1.97. The second kappa shape index (κ2) is 4.38. The third-order valence-electron chi connectivity index (χ3n) is 1.97. The van der Waals surface area contributed by atoms with Crippen molar-refractivity contribution in [3.63, 3.8) is 0 Å². The van der Waals surface area contributed by atoms with Crippen LogP contribution in [0.5, 0.6) is 0 Å². The molecule has 0 amide bonds. The summed E-state index contributed by atoms with van der Waals surface area (Å²) in [5, 5.41) is 9.41. The first-order valence-electron chi connectivity index (χ1n) is 4.07. The van der Waals surface area contributed by atoms with Gasteiger partial charge in [0.1, 0.15) is 0 Å². The lowest BCUT2D eigenvalue weighted by Crippen LogP contribution is -2.31. The predicted octanol–water partition coefficient (Wildman–Crippen LogP) is 0.940. The van der Waals surface area contributed by atoms with Crippen LogP contribution in [0.15, 0.2) is 0 Å². The number of ether oxygens (including phenoxy) is 1. The van der Waals surface area contributed by atoms with Crippen LogP contribution in [0.1, 0.15) is 25.7 Å². The van der Waals surface area contributed by atoms with Gasteiger partial charge in [0, 0.05) is 13.0 Å². The summed E-state index contributed by atoms with van der Waals surface area (Å²) >= 11 is 0. The fraction of sp³-hybridized carbons (Fsp3) is 0.778. The lowest BCUT2D eigenvalue weighted by Gasteiger charge is -2.25. The number of hydrogen-bond donors (Lipinski definition) is 1. The molecule has 1 aliphatic rings. The summed E-state index contributed by atoms with van der Waals surface area (Å²) < 4.78 is 5.35. The van der Waals surface area contributed by atoms with Crippen molar-refractivity contribution in [2.45, 2.75) is 37.9 Å². The molecule has 1 heterocycles. The first-order valence-corrected chi connectivity index (χ1v) is 4.07. The average molecular weight is 154 g/mol. The Bertz CT molecular complexity index is 142. The summed E-state index contributed by atoms with van der Waals surface area (Å²) in [7, 11) is 0. The maximum absolute atomic E-state index is 9.41. The van der Waals surface area contributed by atoms with Gasteiger partial charge < -0.3 is 9.84 Å². The number of rotatable bonds is 2. The van der Waals surface area contributed by atoms with E-state index in [1.165, 1.54) is 0 Å². The zero-order valence-corrected chi connectivity index (χ0v) is 6.62. The molecule has 0 saturated carbocycles. The van der Waals surface area contributed by atoms with Gasteiger partial charge in [0.05, 0.1) is 12.2 Å². The first-order chi connectivity index (χ1) is 5.34. The van der Waals surface area contributed by atoms with Gasteiger partial charge >= 0.3 is 0 Å². The zero-order valence-electron chi connectivity index (χ0n) is 6.62. The van der Waals surface area contributed by atoms with Crippen LogP contribution in [-0.4, -0.2) is 23.9 Å². The highest BCUT2D eigenvalue weighted by Crippen LogP contribution is 2.16. The maximum Gasteiger partial charge on any atom is 0.0910 e. The van der Waals surface area contributed by atoms with E-state index in [-0.39, 0.29) is 6.10 Å². The Morgan fingerprint density at radius 3 is 3.00 bits per heavy atom. The van der Waals surface area contributed by atoms with Gasteiger partial charge in [-0.1, -0.05) is 0 Å². The molecule has 0 spiro atoms. The molecule has 1 rings (SSSR count). The zero-order chi connectivity index (χ0) is 8.10. The van der Waals surface area contributed by atoms with E-state index in [1.54, 1.807) is 0 Å². The van der Waals surface area contributed by atoms with E-state index in [1.807, 2.05) is 0 Å². The Kier molecular flexibility index (Phi) is 3.41. The van der Waals surface area contributed by atoms with Crippen molar-refractivity contribution in [1.82, 2.24) is 0 Å². The van der Waals surface area contributed by atoms with Crippen LogP contribution in [0.3, 0.4) is 0 Å². The first kappa shape index (κ1) is 8.58. The molecule has 1 N–H and O–H groups in total. The number of hydrogen-bond acceptors (Lipinski definition) is 2. The highest BCUT2D eigenvalue weighted by atomic mass is 16.5. The third kappa shape index (κ3) is 2.53. The molecule has 1 fully saturated rings. The van der Waals surface area contributed by atoms with Crippen LogP contribution in [0.4, 0.5) is 0 Å². The molecule has 2 nitrogen and oxygen atoms in total. The molecule has 11 heavy (non-hydrogen) atoms. The SMILES string of the molecule is C#CCC(O)C1CCCCO1.